The molecule has 0 radical (unpaired) electrons. The second-order valence-electron chi connectivity index (χ2n) is 7.60. The monoisotopic (exact) mass is 353 g/mol. The predicted molar refractivity (Wildman–Crippen MR) is 95.2 cm³/mol. The first kappa shape index (κ1) is 15.7. The van der Waals surface area contributed by atoms with Crippen molar-refractivity contribution in [2.45, 2.75) is 51.9 Å². The Hall–Kier alpha value is -2.51. The lowest BCUT2D eigenvalue weighted by Gasteiger charge is -2.26. The number of aryl methyl sites for hydroxylation is 2. The zero-order valence-electron chi connectivity index (χ0n) is 15.4. The number of rotatable bonds is 3. The topological polar surface area (TPSA) is 85.2 Å². The molecule has 3 aromatic heterocycles. The van der Waals surface area contributed by atoms with Gasteiger partial charge in [-0.25, -0.2) is 4.98 Å². The van der Waals surface area contributed by atoms with Crippen molar-refractivity contribution < 1.29 is 4.42 Å². The Morgan fingerprint density at radius 2 is 2.19 bits per heavy atom. The molecule has 2 atom stereocenters. The molecule has 1 aliphatic carbocycles. The molecule has 0 amide bonds. The van der Waals surface area contributed by atoms with Crippen LogP contribution in [0.5, 0.6) is 0 Å². The first-order valence-corrected chi connectivity index (χ1v) is 9.37. The lowest BCUT2D eigenvalue weighted by Crippen LogP contribution is -2.33. The lowest BCUT2D eigenvalue weighted by atomic mass is 9.80. The molecule has 3 aromatic rings. The summed E-state index contributed by atoms with van der Waals surface area (Å²) < 4.78 is 7.90. The van der Waals surface area contributed by atoms with Crippen molar-refractivity contribution in [3.63, 3.8) is 0 Å². The van der Waals surface area contributed by atoms with Crippen LogP contribution in [0.25, 0.3) is 5.78 Å². The van der Waals surface area contributed by atoms with E-state index in [2.05, 4.69) is 37.1 Å². The van der Waals surface area contributed by atoms with Gasteiger partial charge in [0.05, 0.1) is 5.41 Å². The molecule has 0 unspecified atom stereocenters. The zero-order chi connectivity index (χ0) is 17.9. The number of aromatic nitrogens is 6. The third-order valence-electron chi connectivity index (χ3n) is 6.24. The third kappa shape index (κ3) is 2.04. The molecule has 0 spiro atoms. The quantitative estimate of drug-likeness (QED) is 0.714. The van der Waals surface area contributed by atoms with E-state index in [0.29, 0.717) is 11.7 Å². The van der Waals surface area contributed by atoms with E-state index in [1.165, 1.54) is 12.8 Å². The minimum absolute atomic E-state index is 0.0447. The maximum Gasteiger partial charge on any atom is 0.254 e. The summed E-state index contributed by atoms with van der Waals surface area (Å²) in [5, 5.41) is 13.1. The summed E-state index contributed by atoms with van der Waals surface area (Å²) in [5.41, 5.74) is 2.10. The van der Waals surface area contributed by atoms with Gasteiger partial charge in [-0.05, 0) is 32.6 Å². The van der Waals surface area contributed by atoms with Gasteiger partial charge >= 0.3 is 0 Å². The SMILES string of the molecule is CCc1nnc([C@]23CCC[C@H]2CN(c2c(C)c(C)nc4ncnn24)C3)o1. The molecule has 26 heavy (non-hydrogen) atoms. The molecule has 2 fully saturated rings. The van der Waals surface area contributed by atoms with Crippen LogP contribution in [-0.2, 0) is 11.8 Å². The van der Waals surface area contributed by atoms with Crippen LogP contribution < -0.4 is 4.90 Å². The van der Waals surface area contributed by atoms with E-state index >= 15 is 0 Å². The van der Waals surface area contributed by atoms with Gasteiger partial charge in [-0.1, -0.05) is 13.3 Å². The van der Waals surface area contributed by atoms with Crippen LogP contribution in [0.3, 0.4) is 0 Å². The van der Waals surface area contributed by atoms with Crippen molar-refractivity contribution in [2.75, 3.05) is 18.0 Å². The molecule has 0 aromatic carbocycles. The smallest absolute Gasteiger partial charge is 0.254 e. The predicted octanol–water partition coefficient (Wildman–Crippen LogP) is 2.24. The van der Waals surface area contributed by atoms with Crippen molar-refractivity contribution in [1.29, 1.82) is 0 Å². The minimum Gasteiger partial charge on any atom is -0.425 e. The van der Waals surface area contributed by atoms with E-state index in [0.717, 1.165) is 54.8 Å². The molecule has 2 aliphatic rings. The highest BCUT2D eigenvalue weighted by Gasteiger charge is 2.54. The normalized spacial score (nSPS) is 25.3. The maximum absolute atomic E-state index is 6.04. The number of nitrogens with zero attached hydrogens (tertiary/aromatic N) is 7. The molecular weight excluding hydrogens is 330 g/mol. The second-order valence-corrected chi connectivity index (χ2v) is 7.60. The van der Waals surface area contributed by atoms with E-state index < -0.39 is 0 Å². The van der Waals surface area contributed by atoms with Gasteiger partial charge in [-0.2, -0.15) is 14.6 Å². The van der Waals surface area contributed by atoms with Crippen LogP contribution in [0.1, 0.15) is 49.2 Å². The average molecular weight is 353 g/mol. The van der Waals surface area contributed by atoms with Crippen molar-refractivity contribution in [1.82, 2.24) is 29.8 Å². The molecule has 5 rings (SSSR count). The fraction of sp³-hybridized carbons (Fsp3) is 0.611. The van der Waals surface area contributed by atoms with Crippen LogP contribution in [0.4, 0.5) is 5.82 Å². The van der Waals surface area contributed by atoms with Crippen LogP contribution in [0.2, 0.25) is 0 Å². The molecule has 0 bridgehead atoms. The highest BCUT2D eigenvalue weighted by atomic mass is 16.4. The molecule has 1 aliphatic heterocycles. The standard InChI is InChI=1S/C18H23N7O/c1-4-14-22-23-16(26-14)18-7-5-6-13(18)8-24(9-18)15-11(2)12(3)21-17-19-10-20-25(15)17/h10,13H,4-9H2,1-3H3/t13-,18-/m0/s1. The van der Waals surface area contributed by atoms with Gasteiger partial charge in [0.1, 0.15) is 12.1 Å². The Morgan fingerprint density at radius 1 is 1.31 bits per heavy atom. The van der Waals surface area contributed by atoms with Gasteiger partial charge in [0.2, 0.25) is 11.8 Å². The van der Waals surface area contributed by atoms with Crippen LogP contribution in [0.15, 0.2) is 10.7 Å². The second kappa shape index (κ2) is 5.49. The number of anilines is 1. The van der Waals surface area contributed by atoms with Crippen molar-refractivity contribution >= 4 is 11.6 Å². The summed E-state index contributed by atoms with van der Waals surface area (Å²) in [6.07, 6.45) is 5.87. The Labute approximate surface area is 151 Å². The van der Waals surface area contributed by atoms with Gasteiger partial charge in [0, 0.05) is 30.8 Å². The molecule has 1 saturated carbocycles. The summed E-state index contributed by atoms with van der Waals surface area (Å²) in [5.74, 6) is 3.82. The Kier molecular flexibility index (Phi) is 3.32. The summed E-state index contributed by atoms with van der Waals surface area (Å²) in [7, 11) is 0. The van der Waals surface area contributed by atoms with Gasteiger partial charge in [-0.3, -0.25) is 0 Å². The Bertz CT molecular complexity index is 977. The van der Waals surface area contributed by atoms with E-state index in [-0.39, 0.29) is 5.41 Å². The van der Waals surface area contributed by atoms with Crippen molar-refractivity contribution in [2.24, 2.45) is 5.92 Å². The van der Waals surface area contributed by atoms with Crippen molar-refractivity contribution in [3.05, 3.63) is 29.4 Å². The molecule has 1 saturated heterocycles. The largest absolute Gasteiger partial charge is 0.425 e. The minimum atomic E-state index is -0.0447. The fourth-order valence-electron chi connectivity index (χ4n) is 4.78. The Balaban J connectivity index is 1.60. The first-order chi connectivity index (χ1) is 12.6. The maximum atomic E-state index is 6.04. The molecule has 4 heterocycles. The Morgan fingerprint density at radius 3 is 3.00 bits per heavy atom. The van der Waals surface area contributed by atoms with E-state index in [1.54, 1.807) is 6.33 Å². The van der Waals surface area contributed by atoms with Gasteiger partial charge in [-0.15, -0.1) is 10.2 Å². The highest BCUT2D eigenvalue weighted by molar-refractivity contribution is 5.55. The number of hydrogen-bond donors (Lipinski definition) is 0. The molecule has 136 valence electrons. The van der Waals surface area contributed by atoms with Crippen LogP contribution in [-0.4, -0.2) is 42.9 Å². The molecule has 8 nitrogen and oxygen atoms in total. The van der Waals surface area contributed by atoms with Gasteiger partial charge in [0.25, 0.3) is 5.78 Å². The van der Waals surface area contributed by atoms with Crippen LogP contribution in [0, 0.1) is 19.8 Å². The fourth-order valence-corrected chi connectivity index (χ4v) is 4.78. The van der Waals surface area contributed by atoms with Crippen LogP contribution >= 0.6 is 0 Å². The molecule has 0 N–H and O–H groups in total. The third-order valence-corrected chi connectivity index (χ3v) is 6.24. The summed E-state index contributed by atoms with van der Waals surface area (Å²) >= 11 is 0. The average Bonchev–Trinajstić information content (AvgIpc) is 3.37. The molecule has 8 heteroatoms. The molecular formula is C18H23N7O. The summed E-state index contributed by atoms with van der Waals surface area (Å²) in [6, 6.07) is 0. The van der Waals surface area contributed by atoms with E-state index in [9.17, 15) is 0 Å². The number of hydrogen-bond acceptors (Lipinski definition) is 7. The highest BCUT2D eigenvalue weighted by Crippen LogP contribution is 2.51. The van der Waals surface area contributed by atoms with E-state index in [4.69, 9.17) is 4.42 Å². The number of fused-ring (bicyclic) bond motifs is 2. The summed E-state index contributed by atoms with van der Waals surface area (Å²) in [4.78, 5) is 11.3. The lowest BCUT2D eigenvalue weighted by molar-refractivity contribution is 0.297. The first-order valence-electron chi connectivity index (χ1n) is 9.37. The van der Waals surface area contributed by atoms with Gasteiger partial charge < -0.3 is 9.32 Å². The van der Waals surface area contributed by atoms with E-state index in [1.807, 2.05) is 18.4 Å². The zero-order valence-corrected chi connectivity index (χ0v) is 15.4. The van der Waals surface area contributed by atoms with Gasteiger partial charge in [0.15, 0.2) is 0 Å². The van der Waals surface area contributed by atoms with Crippen molar-refractivity contribution in [3.8, 4) is 0 Å². The summed E-state index contributed by atoms with van der Waals surface area (Å²) in [6.45, 7) is 8.05.